The molecule has 3 aromatic rings. The SMILES string of the molecule is O=C(Nc1ccc(CCc2cccc3c(C(F)(F)F)cccc23)cc1)C1CCCN1. The second-order valence-electron chi connectivity index (χ2n) is 7.65. The largest absolute Gasteiger partial charge is 0.417 e. The van der Waals surface area contributed by atoms with Crippen LogP contribution in [0.2, 0.25) is 0 Å². The third-order valence-electron chi connectivity index (χ3n) is 5.60. The van der Waals surface area contributed by atoms with Crippen LogP contribution in [0.5, 0.6) is 0 Å². The van der Waals surface area contributed by atoms with Gasteiger partial charge in [0.1, 0.15) is 0 Å². The van der Waals surface area contributed by atoms with Crippen LogP contribution >= 0.6 is 0 Å². The van der Waals surface area contributed by atoms with Crippen molar-refractivity contribution in [1.29, 1.82) is 0 Å². The number of aryl methyl sites for hydroxylation is 2. The number of fused-ring (bicyclic) bond motifs is 1. The number of hydrogen-bond acceptors (Lipinski definition) is 2. The van der Waals surface area contributed by atoms with Crippen LogP contribution in [0, 0.1) is 0 Å². The van der Waals surface area contributed by atoms with Gasteiger partial charge in [-0.15, -0.1) is 0 Å². The minimum atomic E-state index is -4.37. The molecule has 1 amide bonds. The predicted octanol–water partition coefficient (Wildman–Crippen LogP) is 5.33. The fraction of sp³-hybridized carbons (Fsp3) is 0.292. The zero-order valence-corrected chi connectivity index (χ0v) is 16.4. The molecule has 1 saturated heterocycles. The summed E-state index contributed by atoms with van der Waals surface area (Å²) in [6.45, 7) is 0.871. The number of amides is 1. The van der Waals surface area contributed by atoms with Crippen molar-refractivity contribution in [2.75, 3.05) is 11.9 Å². The molecule has 1 aliphatic rings. The summed E-state index contributed by atoms with van der Waals surface area (Å²) >= 11 is 0. The van der Waals surface area contributed by atoms with Crippen LogP contribution in [0.4, 0.5) is 18.9 Å². The van der Waals surface area contributed by atoms with Gasteiger partial charge in [-0.25, -0.2) is 0 Å². The first-order valence-corrected chi connectivity index (χ1v) is 10.1. The maximum Gasteiger partial charge on any atom is 0.417 e. The highest BCUT2D eigenvalue weighted by molar-refractivity contribution is 5.95. The molecule has 0 aromatic heterocycles. The zero-order chi connectivity index (χ0) is 21.1. The number of rotatable bonds is 5. The summed E-state index contributed by atoms with van der Waals surface area (Å²) in [6.07, 6.45) is -1.17. The van der Waals surface area contributed by atoms with E-state index in [0.29, 0.717) is 18.2 Å². The van der Waals surface area contributed by atoms with Gasteiger partial charge in [0.25, 0.3) is 0 Å². The summed E-state index contributed by atoms with van der Waals surface area (Å²) in [5, 5.41) is 6.97. The first-order valence-electron chi connectivity index (χ1n) is 10.1. The predicted molar refractivity (Wildman–Crippen MR) is 112 cm³/mol. The molecule has 0 spiro atoms. The van der Waals surface area contributed by atoms with E-state index in [1.165, 1.54) is 12.1 Å². The van der Waals surface area contributed by atoms with E-state index in [4.69, 9.17) is 0 Å². The molecule has 3 nitrogen and oxygen atoms in total. The quantitative estimate of drug-likeness (QED) is 0.594. The molecule has 156 valence electrons. The fourth-order valence-electron chi connectivity index (χ4n) is 4.01. The lowest BCUT2D eigenvalue weighted by Gasteiger charge is -2.13. The molecule has 4 rings (SSSR count). The van der Waals surface area contributed by atoms with Crippen molar-refractivity contribution < 1.29 is 18.0 Å². The Bertz CT molecular complexity index is 1040. The van der Waals surface area contributed by atoms with E-state index in [0.717, 1.165) is 42.3 Å². The van der Waals surface area contributed by atoms with Crippen molar-refractivity contribution in [3.63, 3.8) is 0 Å². The second-order valence-corrected chi connectivity index (χ2v) is 7.65. The van der Waals surface area contributed by atoms with E-state index in [1.807, 2.05) is 30.3 Å². The fourth-order valence-corrected chi connectivity index (χ4v) is 4.01. The van der Waals surface area contributed by atoms with E-state index >= 15 is 0 Å². The summed E-state index contributed by atoms with van der Waals surface area (Å²) in [5.74, 6) is -0.0172. The van der Waals surface area contributed by atoms with Crippen molar-refractivity contribution in [2.24, 2.45) is 0 Å². The molecule has 1 atom stereocenters. The maximum absolute atomic E-state index is 13.3. The van der Waals surface area contributed by atoms with Gasteiger partial charge in [-0.1, -0.05) is 42.5 Å². The van der Waals surface area contributed by atoms with Crippen LogP contribution in [-0.2, 0) is 23.8 Å². The smallest absolute Gasteiger partial charge is 0.325 e. The molecular weight excluding hydrogens is 389 g/mol. The lowest BCUT2D eigenvalue weighted by molar-refractivity contribution is -0.136. The lowest BCUT2D eigenvalue weighted by atomic mass is 9.96. The highest BCUT2D eigenvalue weighted by Crippen LogP contribution is 2.35. The van der Waals surface area contributed by atoms with E-state index in [9.17, 15) is 18.0 Å². The van der Waals surface area contributed by atoms with E-state index in [-0.39, 0.29) is 17.3 Å². The number of anilines is 1. The standard InChI is InChI=1S/C24H23F3N2O/c25-24(26,27)21-7-2-5-19-17(4-1-6-20(19)21)12-9-16-10-13-18(14-11-16)29-23(30)22-8-3-15-28-22/h1-2,4-7,10-11,13-14,22,28H,3,8-9,12,15H2,(H,29,30). The molecule has 1 aliphatic heterocycles. The molecule has 0 bridgehead atoms. The van der Waals surface area contributed by atoms with Gasteiger partial charge in [-0.2, -0.15) is 13.2 Å². The topological polar surface area (TPSA) is 41.1 Å². The monoisotopic (exact) mass is 412 g/mol. The molecule has 0 aliphatic carbocycles. The Hall–Kier alpha value is -2.86. The molecule has 1 unspecified atom stereocenters. The molecule has 1 fully saturated rings. The molecule has 0 saturated carbocycles. The Morgan fingerprint density at radius 3 is 2.40 bits per heavy atom. The summed E-state index contributed by atoms with van der Waals surface area (Å²) in [6, 6.07) is 16.9. The Balaban J connectivity index is 1.45. The summed E-state index contributed by atoms with van der Waals surface area (Å²) in [5.41, 5.74) is 2.11. The van der Waals surface area contributed by atoms with Crippen molar-refractivity contribution in [3.8, 4) is 0 Å². The lowest BCUT2D eigenvalue weighted by Crippen LogP contribution is -2.35. The molecule has 30 heavy (non-hydrogen) atoms. The highest BCUT2D eigenvalue weighted by Gasteiger charge is 2.32. The molecule has 6 heteroatoms. The second kappa shape index (κ2) is 8.48. The number of nitrogens with one attached hydrogen (secondary N) is 2. The Morgan fingerprint density at radius 2 is 1.70 bits per heavy atom. The van der Waals surface area contributed by atoms with Crippen LogP contribution in [-0.4, -0.2) is 18.5 Å². The Kier molecular flexibility index (Phi) is 5.77. The van der Waals surface area contributed by atoms with Gasteiger partial charge in [0, 0.05) is 5.69 Å². The first kappa shape index (κ1) is 20.4. The number of hydrogen-bond donors (Lipinski definition) is 2. The van der Waals surface area contributed by atoms with Crippen molar-refractivity contribution >= 4 is 22.4 Å². The Labute approximate surface area is 173 Å². The summed E-state index contributed by atoms with van der Waals surface area (Å²) in [7, 11) is 0. The van der Waals surface area contributed by atoms with Gasteiger partial charge in [0.2, 0.25) is 5.91 Å². The molecule has 2 N–H and O–H groups in total. The number of alkyl halides is 3. The maximum atomic E-state index is 13.3. The van der Waals surface area contributed by atoms with Crippen LogP contribution in [0.25, 0.3) is 10.8 Å². The molecule has 3 aromatic carbocycles. The first-order chi connectivity index (χ1) is 14.4. The van der Waals surface area contributed by atoms with E-state index in [1.54, 1.807) is 12.1 Å². The number of halogens is 3. The average molecular weight is 412 g/mol. The number of carbonyl (C=O) groups is 1. The van der Waals surface area contributed by atoms with E-state index in [2.05, 4.69) is 10.6 Å². The van der Waals surface area contributed by atoms with Crippen LogP contribution in [0.1, 0.15) is 29.5 Å². The average Bonchev–Trinajstić information content (AvgIpc) is 3.27. The highest BCUT2D eigenvalue weighted by atomic mass is 19.4. The summed E-state index contributed by atoms with van der Waals surface area (Å²) in [4.78, 5) is 12.2. The van der Waals surface area contributed by atoms with Crippen molar-refractivity contribution in [2.45, 2.75) is 37.9 Å². The van der Waals surface area contributed by atoms with Gasteiger partial charge >= 0.3 is 6.18 Å². The van der Waals surface area contributed by atoms with Gasteiger partial charge in [-0.05, 0) is 72.3 Å². The minimum absolute atomic E-state index is 0.0172. The van der Waals surface area contributed by atoms with Gasteiger partial charge in [0.15, 0.2) is 0 Å². The normalized spacial score (nSPS) is 16.7. The van der Waals surface area contributed by atoms with Gasteiger partial charge in [-0.3, -0.25) is 4.79 Å². The Morgan fingerprint density at radius 1 is 0.967 bits per heavy atom. The van der Waals surface area contributed by atoms with Crippen molar-refractivity contribution in [1.82, 2.24) is 5.32 Å². The van der Waals surface area contributed by atoms with Crippen LogP contribution in [0.3, 0.4) is 0 Å². The van der Waals surface area contributed by atoms with Crippen LogP contribution in [0.15, 0.2) is 60.7 Å². The van der Waals surface area contributed by atoms with Crippen molar-refractivity contribution in [3.05, 3.63) is 77.4 Å². The zero-order valence-electron chi connectivity index (χ0n) is 16.4. The van der Waals surface area contributed by atoms with Gasteiger partial charge < -0.3 is 10.6 Å². The molecular formula is C24H23F3N2O. The number of carbonyl (C=O) groups excluding carboxylic acids is 1. The number of benzene rings is 3. The van der Waals surface area contributed by atoms with Gasteiger partial charge in [0.05, 0.1) is 11.6 Å². The molecule has 0 radical (unpaired) electrons. The third kappa shape index (κ3) is 4.49. The third-order valence-corrected chi connectivity index (χ3v) is 5.60. The van der Waals surface area contributed by atoms with E-state index < -0.39 is 11.7 Å². The summed E-state index contributed by atoms with van der Waals surface area (Å²) < 4.78 is 39.9. The molecule has 1 heterocycles. The minimum Gasteiger partial charge on any atom is -0.325 e. The van der Waals surface area contributed by atoms with Crippen LogP contribution < -0.4 is 10.6 Å².